The van der Waals surface area contributed by atoms with E-state index in [2.05, 4.69) is 29.4 Å². The lowest BCUT2D eigenvalue weighted by Gasteiger charge is -2.19. The molecule has 0 fully saturated rings. The van der Waals surface area contributed by atoms with Crippen LogP contribution in [0.15, 0.2) is 53.7 Å². The number of ether oxygens (including phenoxy) is 2. The average molecular weight is 475 g/mol. The molecule has 3 aromatic rings. The molecular weight excluding hydrogens is 448 g/mol. The molecule has 1 atom stereocenters. The molecule has 0 bridgehead atoms. The Hall–Kier alpha value is -2.71. The minimum Gasteiger partial charge on any atom is -0.497 e. The van der Waals surface area contributed by atoms with E-state index in [1.165, 1.54) is 11.8 Å². The van der Waals surface area contributed by atoms with Gasteiger partial charge in [-0.2, -0.15) is 0 Å². The van der Waals surface area contributed by atoms with E-state index in [0.717, 1.165) is 11.3 Å². The van der Waals surface area contributed by atoms with Crippen molar-refractivity contribution in [2.75, 3.05) is 12.9 Å². The maximum atomic E-state index is 12.3. The smallest absolute Gasteiger partial charge is 0.230 e. The van der Waals surface area contributed by atoms with Crippen molar-refractivity contribution in [1.29, 1.82) is 0 Å². The summed E-state index contributed by atoms with van der Waals surface area (Å²) in [6, 6.07) is 14.9. The Bertz CT molecular complexity index is 1020. The van der Waals surface area contributed by atoms with E-state index in [-0.39, 0.29) is 23.8 Å². The number of halogens is 1. The van der Waals surface area contributed by atoms with Crippen LogP contribution in [-0.4, -0.2) is 33.5 Å². The summed E-state index contributed by atoms with van der Waals surface area (Å²) in [5, 5.41) is 12.9. The monoisotopic (exact) mass is 474 g/mol. The normalized spacial score (nSPS) is 11.9. The maximum absolute atomic E-state index is 12.3. The van der Waals surface area contributed by atoms with Gasteiger partial charge in [0.25, 0.3) is 0 Å². The van der Waals surface area contributed by atoms with E-state index in [1.54, 1.807) is 19.2 Å². The van der Waals surface area contributed by atoms with Gasteiger partial charge in [-0.05, 0) is 62.7 Å². The van der Waals surface area contributed by atoms with Crippen molar-refractivity contribution in [2.24, 2.45) is 0 Å². The van der Waals surface area contributed by atoms with Crippen molar-refractivity contribution in [2.45, 2.75) is 44.6 Å². The molecule has 170 valence electrons. The predicted octanol–water partition coefficient (Wildman–Crippen LogP) is 5.07. The number of nitrogens with one attached hydrogen (secondary N) is 1. The fraction of sp³-hybridized carbons (Fsp3) is 0.348. The lowest BCUT2D eigenvalue weighted by Crippen LogP contribution is -2.24. The summed E-state index contributed by atoms with van der Waals surface area (Å²) in [7, 11) is 1.63. The Labute approximate surface area is 197 Å². The molecule has 2 aromatic carbocycles. The van der Waals surface area contributed by atoms with Gasteiger partial charge in [-0.15, -0.1) is 10.2 Å². The number of carbonyl (C=O) groups is 1. The number of thioether (sulfide) groups is 1. The van der Waals surface area contributed by atoms with E-state index in [1.807, 2.05) is 47.9 Å². The number of rotatable bonds is 10. The fourth-order valence-electron chi connectivity index (χ4n) is 3.04. The zero-order valence-corrected chi connectivity index (χ0v) is 20.1. The first-order valence-corrected chi connectivity index (χ1v) is 11.6. The molecule has 0 aliphatic heterocycles. The van der Waals surface area contributed by atoms with Crippen LogP contribution < -0.4 is 14.8 Å². The first kappa shape index (κ1) is 23.9. The number of methoxy groups -OCH3 is 1. The first-order valence-electron chi connectivity index (χ1n) is 10.3. The highest BCUT2D eigenvalue weighted by Crippen LogP contribution is 2.28. The van der Waals surface area contributed by atoms with Crippen molar-refractivity contribution in [3.05, 3.63) is 64.9 Å². The molecular formula is C23H27ClN4O3S. The van der Waals surface area contributed by atoms with Gasteiger partial charge >= 0.3 is 0 Å². The highest BCUT2D eigenvalue weighted by molar-refractivity contribution is 7.99. The van der Waals surface area contributed by atoms with E-state index in [9.17, 15) is 4.79 Å². The third-order valence-electron chi connectivity index (χ3n) is 4.68. The predicted molar refractivity (Wildman–Crippen MR) is 126 cm³/mol. The molecule has 1 heterocycles. The maximum Gasteiger partial charge on any atom is 0.230 e. The zero-order valence-electron chi connectivity index (χ0n) is 18.5. The topological polar surface area (TPSA) is 78.3 Å². The van der Waals surface area contributed by atoms with Gasteiger partial charge in [0, 0.05) is 17.6 Å². The Morgan fingerprint density at radius 3 is 2.34 bits per heavy atom. The lowest BCUT2D eigenvalue weighted by atomic mass is 10.2. The highest BCUT2D eigenvalue weighted by Gasteiger charge is 2.22. The van der Waals surface area contributed by atoms with Gasteiger partial charge < -0.3 is 19.4 Å². The minimum atomic E-state index is -0.314. The van der Waals surface area contributed by atoms with Gasteiger partial charge in [-0.1, -0.05) is 35.5 Å². The van der Waals surface area contributed by atoms with Crippen LogP contribution in [0.5, 0.6) is 11.5 Å². The van der Waals surface area contributed by atoms with Crippen LogP contribution in [0.4, 0.5) is 0 Å². The molecule has 0 aliphatic carbocycles. The van der Waals surface area contributed by atoms with Gasteiger partial charge in [-0.25, -0.2) is 0 Å². The Morgan fingerprint density at radius 2 is 1.72 bits per heavy atom. The molecule has 0 spiro atoms. The molecule has 1 unspecified atom stereocenters. The van der Waals surface area contributed by atoms with Crippen LogP contribution in [0.3, 0.4) is 0 Å². The molecule has 3 rings (SSSR count). The van der Waals surface area contributed by atoms with E-state index in [4.69, 9.17) is 21.1 Å². The molecule has 7 nitrogen and oxygen atoms in total. The standard InChI is InChI=1S/C23H27ClN4O3S/c1-15(2)28-22(16(3)31-20-11-9-19(30-4)10-12-20)26-27-23(28)32-14-21(29)25-13-17-5-7-18(24)8-6-17/h5-12,15-16H,13-14H2,1-4H3,(H,25,29). The van der Waals surface area contributed by atoms with Crippen LogP contribution in [0, 0.1) is 0 Å². The molecule has 9 heteroatoms. The van der Waals surface area contributed by atoms with Crippen LogP contribution in [0.25, 0.3) is 0 Å². The van der Waals surface area contributed by atoms with Crippen LogP contribution in [0.2, 0.25) is 5.02 Å². The van der Waals surface area contributed by atoms with Crippen LogP contribution in [-0.2, 0) is 11.3 Å². The zero-order chi connectivity index (χ0) is 23.1. The summed E-state index contributed by atoms with van der Waals surface area (Å²) >= 11 is 7.25. The van der Waals surface area contributed by atoms with Crippen molar-refractivity contribution < 1.29 is 14.3 Å². The summed E-state index contributed by atoms with van der Waals surface area (Å²) in [6.45, 7) is 6.49. The lowest BCUT2D eigenvalue weighted by molar-refractivity contribution is -0.118. The Morgan fingerprint density at radius 1 is 1.06 bits per heavy atom. The summed E-state index contributed by atoms with van der Waals surface area (Å²) in [6.07, 6.45) is -0.314. The molecule has 0 saturated heterocycles. The largest absolute Gasteiger partial charge is 0.497 e. The second-order valence-corrected chi connectivity index (χ2v) is 8.81. The third kappa shape index (κ3) is 6.40. The fourth-order valence-corrected chi connectivity index (χ4v) is 4.07. The van der Waals surface area contributed by atoms with Crippen LogP contribution >= 0.6 is 23.4 Å². The molecule has 0 radical (unpaired) electrons. The van der Waals surface area contributed by atoms with Gasteiger partial charge in [0.15, 0.2) is 17.1 Å². The first-order chi connectivity index (χ1) is 15.4. The number of carbonyl (C=O) groups excluding carboxylic acids is 1. The second-order valence-electron chi connectivity index (χ2n) is 7.43. The average Bonchev–Trinajstić information content (AvgIpc) is 3.22. The van der Waals surface area contributed by atoms with Gasteiger partial charge in [0.2, 0.25) is 5.91 Å². The quantitative estimate of drug-likeness (QED) is 0.413. The van der Waals surface area contributed by atoms with E-state index < -0.39 is 0 Å². The van der Waals surface area contributed by atoms with E-state index in [0.29, 0.717) is 28.3 Å². The number of aromatic nitrogens is 3. The molecule has 0 saturated carbocycles. The molecule has 1 N–H and O–H groups in total. The Balaban J connectivity index is 1.60. The summed E-state index contributed by atoms with van der Waals surface area (Å²) in [5.41, 5.74) is 0.991. The van der Waals surface area contributed by atoms with Crippen molar-refractivity contribution in [1.82, 2.24) is 20.1 Å². The highest BCUT2D eigenvalue weighted by atomic mass is 35.5. The van der Waals surface area contributed by atoms with Gasteiger partial charge in [0.1, 0.15) is 11.5 Å². The molecule has 1 amide bonds. The second kappa shape index (κ2) is 11.2. The van der Waals surface area contributed by atoms with Crippen molar-refractivity contribution >= 4 is 29.3 Å². The SMILES string of the molecule is COc1ccc(OC(C)c2nnc(SCC(=O)NCc3ccc(Cl)cc3)n2C(C)C)cc1. The molecule has 1 aromatic heterocycles. The van der Waals surface area contributed by atoms with Crippen molar-refractivity contribution in [3.63, 3.8) is 0 Å². The number of hydrogen-bond donors (Lipinski definition) is 1. The van der Waals surface area contributed by atoms with Gasteiger partial charge in [-0.3, -0.25) is 4.79 Å². The third-order valence-corrected chi connectivity index (χ3v) is 5.87. The van der Waals surface area contributed by atoms with Crippen molar-refractivity contribution in [3.8, 4) is 11.5 Å². The van der Waals surface area contributed by atoms with Gasteiger partial charge in [0.05, 0.1) is 12.9 Å². The summed E-state index contributed by atoms with van der Waals surface area (Å²) in [4.78, 5) is 12.3. The minimum absolute atomic E-state index is 0.0765. The number of hydrogen-bond acceptors (Lipinski definition) is 6. The number of benzene rings is 2. The summed E-state index contributed by atoms with van der Waals surface area (Å²) in [5.74, 6) is 2.36. The molecule has 32 heavy (non-hydrogen) atoms. The molecule has 0 aliphatic rings. The van der Waals surface area contributed by atoms with E-state index >= 15 is 0 Å². The number of amides is 1. The summed E-state index contributed by atoms with van der Waals surface area (Å²) < 4.78 is 13.2. The number of nitrogens with zero attached hydrogens (tertiary/aromatic N) is 3. The van der Waals surface area contributed by atoms with Crippen LogP contribution in [0.1, 0.15) is 44.3 Å². The Kier molecular flexibility index (Phi) is 8.41.